The molecular weight excluding hydrogens is 661 g/mol. The first-order chi connectivity index (χ1) is 26.6. The molecule has 0 saturated carbocycles. The molecule has 0 aliphatic carbocycles. The Kier molecular flexibility index (Phi) is 7.41. The Morgan fingerprint density at radius 1 is 0.315 bits per heavy atom. The topological polar surface area (TPSA) is 42.3 Å². The molecule has 0 saturated heterocycles. The van der Waals surface area contributed by atoms with Gasteiger partial charge in [-0.15, -0.1) is 0 Å². The van der Waals surface area contributed by atoms with E-state index >= 15 is 4.79 Å². The lowest BCUT2D eigenvalue weighted by molar-refractivity contribution is 0.0926. The molecule has 0 fully saturated rings. The van der Waals surface area contributed by atoms with Crippen molar-refractivity contribution < 1.29 is 9.59 Å². The zero-order valence-electron chi connectivity index (χ0n) is 29.2. The van der Waals surface area contributed by atoms with Crippen LogP contribution in [0.5, 0.6) is 0 Å². The Labute approximate surface area is 312 Å². The standard InChI is InChI=1S/C50H32N2O2/c53-49-43-22-13-23-44(48(43)50(54)52(49)45-30-37(33-14-5-1-6-15-33)24-27-40(45)36-20-11-4-12-21-36)51-46-31-38(34-16-7-2-8-17-34)25-28-41(46)42-29-26-39(32-47(42)51)35-18-9-3-10-19-35/h1-32H. The zero-order chi connectivity index (χ0) is 36.2. The molecule has 1 aromatic heterocycles. The molecule has 54 heavy (non-hydrogen) atoms. The van der Waals surface area contributed by atoms with Gasteiger partial charge in [-0.2, -0.15) is 0 Å². The number of fused-ring (bicyclic) bond motifs is 4. The fourth-order valence-corrected chi connectivity index (χ4v) is 7.96. The molecule has 4 heteroatoms. The summed E-state index contributed by atoms with van der Waals surface area (Å²) in [4.78, 5) is 31.1. The van der Waals surface area contributed by atoms with Crippen LogP contribution < -0.4 is 4.90 Å². The summed E-state index contributed by atoms with van der Waals surface area (Å²) >= 11 is 0. The quantitative estimate of drug-likeness (QED) is 0.163. The van der Waals surface area contributed by atoms with Crippen LogP contribution in [-0.2, 0) is 0 Å². The van der Waals surface area contributed by atoms with Crippen molar-refractivity contribution >= 4 is 39.3 Å². The van der Waals surface area contributed by atoms with Crippen molar-refractivity contribution in [2.24, 2.45) is 0 Å². The minimum absolute atomic E-state index is 0.338. The van der Waals surface area contributed by atoms with E-state index in [1.807, 2.05) is 121 Å². The fourth-order valence-electron chi connectivity index (χ4n) is 7.96. The number of carbonyl (C=O) groups excluding carboxylic acids is 2. The third-order valence-electron chi connectivity index (χ3n) is 10.5. The van der Waals surface area contributed by atoms with Crippen LogP contribution in [0, 0.1) is 0 Å². The Bertz CT molecular complexity index is 2800. The summed E-state index contributed by atoms with van der Waals surface area (Å²) in [5.74, 6) is -0.684. The minimum atomic E-state index is -0.346. The van der Waals surface area contributed by atoms with Gasteiger partial charge in [-0.05, 0) is 69.3 Å². The lowest BCUT2D eigenvalue weighted by atomic mass is 9.97. The highest BCUT2D eigenvalue weighted by Gasteiger charge is 2.40. The average Bonchev–Trinajstić information content (AvgIpc) is 3.71. The van der Waals surface area contributed by atoms with Crippen molar-refractivity contribution in [3.8, 4) is 50.2 Å². The number of nitrogens with zero attached hydrogens (tertiary/aromatic N) is 2. The molecular formula is C50H32N2O2. The summed E-state index contributed by atoms with van der Waals surface area (Å²) in [6, 6.07) is 65.3. The van der Waals surface area contributed by atoms with E-state index in [-0.39, 0.29) is 11.8 Å². The van der Waals surface area contributed by atoms with Crippen LogP contribution in [0.25, 0.3) is 72.0 Å². The van der Waals surface area contributed by atoms with Gasteiger partial charge in [0, 0.05) is 16.3 Å². The Hall–Kier alpha value is -7.30. The van der Waals surface area contributed by atoms with Crippen molar-refractivity contribution in [3.05, 3.63) is 205 Å². The first-order valence-corrected chi connectivity index (χ1v) is 18.1. The van der Waals surface area contributed by atoms with E-state index in [9.17, 15) is 4.79 Å². The largest absolute Gasteiger partial charge is 0.308 e. The van der Waals surface area contributed by atoms with Crippen molar-refractivity contribution in [1.82, 2.24) is 4.57 Å². The van der Waals surface area contributed by atoms with Crippen molar-refractivity contribution in [2.75, 3.05) is 4.90 Å². The van der Waals surface area contributed by atoms with Gasteiger partial charge in [0.25, 0.3) is 11.8 Å². The van der Waals surface area contributed by atoms with Crippen LogP contribution in [0.4, 0.5) is 5.69 Å². The summed E-state index contributed by atoms with van der Waals surface area (Å²) in [5, 5.41) is 2.13. The number of hydrogen-bond donors (Lipinski definition) is 0. The smallest absolute Gasteiger partial charge is 0.268 e. The Balaban J connectivity index is 1.21. The number of amides is 2. The van der Waals surface area contributed by atoms with Gasteiger partial charge in [0.1, 0.15) is 0 Å². The van der Waals surface area contributed by atoms with Gasteiger partial charge in [-0.3, -0.25) is 9.59 Å². The number of imide groups is 1. The Morgan fingerprint density at radius 2 is 0.778 bits per heavy atom. The van der Waals surface area contributed by atoms with Crippen LogP contribution in [0.2, 0.25) is 0 Å². The number of rotatable bonds is 6. The van der Waals surface area contributed by atoms with E-state index in [1.165, 1.54) is 4.90 Å². The van der Waals surface area contributed by atoms with Gasteiger partial charge < -0.3 is 4.57 Å². The summed E-state index contributed by atoms with van der Waals surface area (Å²) in [7, 11) is 0. The molecule has 8 aromatic carbocycles. The lowest BCUT2D eigenvalue weighted by Gasteiger charge is -2.20. The molecule has 4 nitrogen and oxygen atoms in total. The minimum Gasteiger partial charge on any atom is -0.308 e. The number of hydrogen-bond acceptors (Lipinski definition) is 2. The zero-order valence-corrected chi connectivity index (χ0v) is 29.2. The molecule has 2 amide bonds. The third-order valence-corrected chi connectivity index (χ3v) is 10.5. The highest BCUT2D eigenvalue weighted by molar-refractivity contribution is 6.36. The first-order valence-electron chi connectivity index (χ1n) is 18.1. The van der Waals surface area contributed by atoms with E-state index in [0.717, 1.165) is 66.3 Å². The van der Waals surface area contributed by atoms with Crippen molar-refractivity contribution in [1.29, 1.82) is 0 Å². The summed E-state index contributed by atoms with van der Waals surface area (Å²) in [6.45, 7) is 0. The number of anilines is 1. The van der Waals surface area contributed by atoms with E-state index in [0.29, 0.717) is 22.5 Å². The predicted octanol–water partition coefficient (Wildman–Crippen LogP) is 12.3. The molecule has 2 heterocycles. The normalized spacial score (nSPS) is 12.5. The average molecular weight is 693 g/mol. The monoisotopic (exact) mass is 692 g/mol. The summed E-state index contributed by atoms with van der Waals surface area (Å²) in [5.41, 5.74) is 11.9. The molecule has 0 spiro atoms. The van der Waals surface area contributed by atoms with Crippen LogP contribution in [0.3, 0.4) is 0 Å². The molecule has 9 aromatic rings. The number of aromatic nitrogens is 1. The molecule has 0 N–H and O–H groups in total. The van der Waals surface area contributed by atoms with Gasteiger partial charge in [-0.25, -0.2) is 4.90 Å². The van der Waals surface area contributed by atoms with Crippen LogP contribution in [-0.4, -0.2) is 16.4 Å². The predicted molar refractivity (Wildman–Crippen MR) is 220 cm³/mol. The summed E-state index contributed by atoms with van der Waals surface area (Å²) < 4.78 is 2.18. The maximum absolute atomic E-state index is 15.1. The molecule has 1 aliphatic rings. The molecule has 1 aliphatic heterocycles. The molecule has 10 rings (SSSR count). The van der Waals surface area contributed by atoms with E-state index in [2.05, 4.69) is 71.3 Å². The van der Waals surface area contributed by atoms with E-state index < -0.39 is 0 Å². The highest BCUT2D eigenvalue weighted by atomic mass is 16.2. The molecule has 0 bridgehead atoms. The Morgan fingerprint density at radius 3 is 1.30 bits per heavy atom. The third kappa shape index (κ3) is 5.07. The summed E-state index contributed by atoms with van der Waals surface area (Å²) in [6.07, 6.45) is 0. The first kappa shape index (κ1) is 31.4. The maximum Gasteiger partial charge on any atom is 0.268 e. The van der Waals surface area contributed by atoms with Crippen molar-refractivity contribution in [2.45, 2.75) is 0 Å². The van der Waals surface area contributed by atoms with E-state index in [4.69, 9.17) is 0 Å². The maximum atomic E-state index is 15.1. The number of carbonyl (C=O) groups is 2. The van der Waals surface area contributed by atoms with Gasteiger partial charge >= 0.3 is 0 Å². The van der Waals surface area contributed by atoms with Gasteiger partial charge in [0.05, 0.1) is 33.5 Å². The van der Waals surface area contributed by atoms with Crippen molar-refractivity contribution in [3.63, 3.8) is 0 Å². The van der Waals surface area contributed by atoms with E-state index in [1.54, 1.807) is 6.07 Å². The number of benzene rings is 8. The molecule has 0 atom stereocenters. The highest BCUT2D eigenvalue weighted by Crippen LogP contribution is 2.43. The van der Waals surface area contributed by atoms with Crippen LogP contribution in [0.15, 0.2) is 194 Å². The second-order valence-electron chi connectivity index (χ2n) is 13.6. The fraction of sp³-hybridized carbons (Fsp3) is 0. The van der Waals surface area contributed by atoms with Gasteiger partial charge in [-0.1, -0.05) is 164 Å². The second-order valence-corrected chi connectivity index (χ2v) is 13.6. The van der Waals surface area contributed by atoms with Gasteiger partial charge in [0.2, 0.25) is 0 Å². The SMILES string of the molecule is O=C1c2cccc(-n3c4cc(-c5ccccc5)ccc4c4ccc(-c5ccccc5)cc43)c2C(=O)N1c1cc(-c2ccccc2)ccc1-c1ccccc1. The molecule has 0 unspecified atom stereocenters. The van der Waals surface area contributed by atoms with Crippen LogP contribution >= 0.6 is 0 Å². The second kappa shape index (κ2) is 12.7. The molecule has 254 valence electrons. The van der Waals surface area contributed by atoms with Crippen LogP contribution in [0.1, 0.15) is 20.7 Å². The van der Waals surface area contributed by atoms with Gasteiger partial charge in [0.15, 0.2) is 0 Å². The lowest BCUT2D eigenvalue weighted by Crippen LogP contribution is -2.30. The molecule has 0 radical (unpaired) electrons.